The van der Waals surface area contributed by atoms with Gasteiger partial charge in [-0.15, -0.1) is 0 Å². The number of ether oxygens (including phenoxy) is 3. The fraction of sp³-hybridized carbons (Fsp3) is 0.263. The zero-order valence-electron chi connectivity index (χ0n) is 14.0. The van der Waals surface area contributed by atoms with Crippen LogP contribution in [0.3, 0.4) is 0 Å². The van der Waals surface area contributed by atoms with Gasteiger partial charge in [0, 0.05) is 5.56 Å². The molecule has 0 amide bonds. The van der Waals surface area contributed by atoms with Crippen LogP contribution in [0.4, 0.5) is 0 Å². The van der Waals surface area contributed by atoms with Gasteiger partial charge in [0.15, 0.2) is 0 Å². The molecule has 0 fully saturated rings. The van der Waals surface area contributed by atoms with Crippen molar-refractivity contribution < 1.29 is 23.8 Å². The van der Waals surface area contributed by atoms with E-state index in [4.69, 9.17) is 14.2 Å². The van der Waals surface area contributed by atoms with Crippen LogP contribution in [0.25, 0.3) is 11.1 Å². The number of hydrogen-bond acceptors (Lipinski definition) is 5. The highest BCUT2D eigenvalue weighted by Gasteiger charge is 2.20. The summed E-state index contributed by atoms with van der Waals surface area (Å²) in [6.45, 7) is 3.88. The van der Waals surface area contributed by atoms with Gasteiger partial charge >= 0.3 is 11.9 Å². The van der Waals surface area contributed by atoms with E-state index in [-0.39, 0.29) is 24.3 Å². The van der Waals surface area contributed by atoms with Gasteiger partial charge in [0.05, 0.1) is 31.5 Å². The average Bonchev–Trinajstić information content (AvgIpc) is 2.61. The van der Waals surface area contributed by atoms with Crippen LogP contribution < -0.4 is 4.74 Å². The van der Waals surface area contributed by atoms with Crippen molar-refractivity contribution >= 4 is 11.9 Å². The summed E-state index contributed by atoms with van der Waals surface area (Å²) >= 11 is 0. The van der Waals surface area contributed by atoms with Crippen molar-refractivity contribution in [2.24, 2.45) is 0 Å². The molecule has 0 N–H and O–H groups in total. The van der Waals surface area contributed by atoms with Crippen LogP contribution in [0.2, 0.25) is 0 Å². The maximum Gasteiger partial charge on any atom is 0.339 e. The van der Waals surface area contributed by atoms with E-state index in [1.54, 1.807) is 39.2 Å². The van der Waals surface area contributed by atoms with E-state index < -0.39 is 11.9 Å². The summed E-state index contributed by atoms with van der Waals surface area (Å²) in [7, 11) is 1.58. The number of esters is 2. The van der Waals surface area contributed by atoms with Crippen LogP contribution >= 0.6 is 0 Å². The molecule has 0 saturated heterocycles. The normalized spacial score (nSPS) is 10.1. The molecule has 24 heavy (non-hydrogen) atoms. The van der Waals surface area contributed by atoms with Crippen LogP contribution in [0.1, 0.15) is 34.6 Å². The topological polar surface area (TPSA) is 61.8 Å². The minimum atomic E-state index is -0.558. The predicted molar refractivity (Wildman–Crippen MR) is 90.3 cm³/mol. The number of methoxy groups -OCH3 is 1. The molecule has 0 spiro atoms. The molecule has 2 aromatic rings. The maximum atomic E-state index is 12.3. The van der Waals surface area contributed by atoms with Crippen LogP contribution in [0, 0.1) is 0 Å². The summed E-state index contributed by atoms with van der Waals surface area (Å²) in [4.78, 5) is 24.3. The second-order valence-electron chi connectivity index (χ2n) is 4.90. The summed E-state index contributed by atoms with van der Waals surface area (Å²) in [5, 5.41) is 0. The Balaban J connectivity index is 2.55. The minimum Gasteiger partial charge on any atom is -0.496 e. The Hall–Kier alpha value is -2.82. The predicted octanol–water partition coefficient (Wildman–Crippen LogP) is 3.72. The number of benzene rings is 2. The number of para-hydroxylation sites is 1. The number of carbonyl (C=O) groups is 2. The molecule has 5 nitrogen and oxygen atoms in total. The third-order valence-corrected chi connectivity index (χ3v) is 3.43. The summed E-state index contributed by atoms with van der Waals surface area (Å²) in [5.74, 6) is -0.430. The number of hydrogen-bond donors (Lipinski definition) is 0. The molecule has 2 aromatic carbocycles. The van der Waals surface area contributed by atoms with E-state index in [2.05, 4.69) is 0 Å². The van der Waals surface area contributed by atoms with Gasteiger partial charge in [0.1, 0.15) is 5.75 Å². The second kappa shape index (κ2) is 8.15. The van der Waals surface area contributed by atoms with Crippen molar-refractivity contribution in [3.63, 3.8) is 0 Å². The molecule has 0 aromatic heterocycles. The molecule has 5 heteroatoms. The lowest BCUT2D eigenvalue weighted by Gasteiger charge is -2.12. The molecular weight excluding hydrogens is 308 g/mol. The first-order valence-corrected chi connectivity index (χ1v) is 7.74. The van der Waals surface area contributed by atoms with Gasteiger partial charge in [0.2, 0.25) is 0 Å². The zero-order chi connectivity index (χ0) is 17.5. The molecule has 0 atom stereocenters. The van der Waals surface area contributed by atoms with Crippen molar-refractivity contribution in [1.29, 1.82) is 0 Å². The Morgan fingerprint density at radius 1 is 0.875 bits per heavy atom. The smallest absolute Gasteiger partial charge is 0.339 e. The largest absolute Gasteiger partial charge is 0.496 e. The van der Waals surface area contributed by atoms with Crippen molar-refractivity contribution in [3.8, 4) is 16.9 Å². The van der Waals surface area contributed by atoms with Crippen LogP contribution in [-0.2, 0) is 9.47 Å². The lowest BCUT2D eigenvalue weighted by atomic mass is 9.98. The van der Waals surface area contributed by atoms with E-state index >= 15 is 0 Å². The monoisotopic (exact) mass is 328 g/mol. The van der Waals surface area contributed by atoms with Gasteiger partial charge in [0.25, 0.3) is 0 Å². The number of carbonyl (C=O) groups excluding carboxylic acids is 2. The standard InChI is InChI=1S/C19H20O5/c1-4-23-18(20)15-11-10-13(12-16(15)19(21)24-5-2)14-8-6-7-9-17(14)22-3/h6-12H,4-5H2,1-3H3. The summed E-state index contributed by atoms with van der Waals surface area (Å²) in [6, 6.07) is 12.4. The molecule has 0 aliphatic rings. The average molecular weight is 328 g/mol. The Morgan fingerprint density at radius 2 is 1.50 bits per heavy atom. The Morgan fingerprint density at radius 3 is 2.12 bits per heavy atom. The van der Waals surface area contributed by atoms with Gasteiger partial charge in [-0.1, -0.05) is 24.3 Å². The first-order chi connectivity index (χ1) is 11.6. The van der Waals surface area contributed by atoms with Crippen LogP contribution in [-0.4, -0.2) is 32.3 Å². The molecule has 126 valence electrons. The van der Waals surface area contributed by atoms with Gasteiger partial charge < -0.3 is 14.2 Å². The second-order valence-corrected chi connectivity index (χ2v) is 4.90. The summed E-state index contributed by atoms with van der Waals surface area (Å²) in [6.07, 6.45) is 0. The van der Waals surface area contributed by atoms with E-state index in [0.29, 0.717) is 5.75 Å². The van der Waals surface area contributed by atoms with E-state index in [1.165, 1.54) is 0 Å². The third-order valence-electron chi connectivity index (χ3n) is 3.43. The fourth-order valence-electron chi connectivity index (χ4n) is 2.36. The van der Waals surface area contributed by atoms with Crippen LogP contribution in [0.15, 0.2) is 42.5 Å². The molecule has 0 radical (unpaired) electrons. The molecule has 0 heterocycles. The quantitative estimate of drug-likeness (QED) is 0.756. The lowest BCUT2D eigenvalue weighted by molar-refractivity contribution is 0.0479. The first kappa shape index (κ1) is 17.5. The summed E-state index contributed by atoms with van der Waals surface area (Å²) in [5.41, 5.74) is 1.94. The molecule has 0 saturated carbocycles. The van der Waals surface area contributed by atoms with E-state index in [9.17, 15) is 9.59 Å². The van der Waals surface area contributed by atoms with Gasteiger partial charge in [-0.05, 0) is 37.6 Å². The zero-order valence-corrected chi connectivity index (χ0v) is 14.0. The summed E-state index contributed by atoms with van der Waals surface area (Å²) < 4.78 is 15.4. The van der Waals surface area contributed by atoms with Gasteiger partial charge in [-0.2, -0.15) is 0 Å². The highest BCUT2D eigenvalue weighted by molar-refractivity contribution is 6.04. The highest BCUT2D eigenvalue weighted by Crippen LogP contribution is 2.31. The molecule has 0 aliphatic heterocycles. The molecule has 0 aliphatic carbocycles. The molecular formula is C19H20O5. The highest BCUT2D eigenvalue weighted by atomic mass is 16.5. The Kier molecular flexibility index (Phi) is 5.95. The lowest BCUT2D eigenvalue weighted by Crippen LogP contribution is -2.14. The Bertz CT molecular complexity index is 736. The van der Waals surface area contributed by atoms with E-state index in [1.807, 2.05) is 24.3 Å². The van der Waals surface area contributed by atoms with Crippen LogP contribution in [0.5, 0.6) is 5.75 Å². The fourth-order valence-corrected chi connectivity index (χ4v) is 2.36. The third kappa shape index (κ3) is 3.74. The van der Waals surface area contributed by atoms with Crippen molar-refractivity contribution in [1.82, 2.24) is 0 Å². The van der Waals surface area contributed by atoms with Crippen molar-refractivity contribution in [2.75, 3.05) is 20.3 Å². The van der Waals surface area contributed by atoms with Crippen molar-refractivity contribution in [3.05, 3.63) is 53.6 Å². The van der Waals surface area contributed by atoms with Gasteiger partial charge in [-0.25, -0.2) is 9.59 Å². The maximum absolute atomic E-state index is 12.3. The SMILES string of the molecule is CCOC(=O)c1ccc(-c2ccccc2OC)cc1C(=O)OCC. The van der Waals surface area contributed by atoms with Gasteiger partial charge in [-0.3, -0.25) is 0 Å². The Labute approximate surface area is 141 Å². The number of rotatable bonds is 6. The molecule has 2 rings (SSSR count). The molecule has 0 unspecified atom stereocenters. The first-order valence-electron chi connectivity index (χ1n) is 7.74. The minimum absolute atomic E-state index is 0.179. The molecule has 0 bridgehead atoms. The van der Waals surface area contributed by atoms with Crippen molar-refractivity contribution in [2.45, 2.75) is 13.8 Å². The van der Waals surface area contributed by atoms with E-state index in [0.717, 1.165) is 11.1 Å².